The highest BCUT2D eigenvalue weighted by Crippen LogP contribution is 2.26. The van der Waals surface area contributed by atoms with Crippen LogP contribution in [0.25, 0.3) is 11.3 Å². The van der Waals surface area contributed by atoms with Crippen LogP contribution in [0.3, 0.4) is 0 Å². The molecule has 2 nitrogen and oxygen atoms in total. The van der Waals surface area contributed by atoms with Crippen LogP contribution in [0.5, 0.6) is 0 Å². The maximum Gasteiger partial charge on any atom is 0.166 e. The molecule has 2 aromatic rings. The van der Waals surface area contributed by atoms with Gasteiger partial charge in [0.25, 0.3) is 0 Å². The van der Waals surface area contributed by atoms with Gasteiger partial charge in [0.2, 0.25) is 0 Å². The van der Waals surface area contributed by atoms with Crippen molar-refractivity contribution in [1.82, 2.24) is 4.98 Å². The lowest BCUT2D eigenvalue weighted by Crippen LogP contribution is -2.11. The normalized spacial score (nSPS) is 12.2. The number of nitrogens with zero attached hydrogens (tertiary/aromatic N) is 1. The van der Waals surface area contributed by atoms with Crippen LogP contribution in [0.15, 0.2) is 42.6 Å². The van der Waals surface area contributed by atoms with E-state index in [0.717, 1.165) is 28.8 Å². The minimum absolute atomic E-state index is 0.0465. The number of hydrogen-bond donors (Lipinski definition) is 0. The highest BCUT2D eigenvalue weighted by molar-refractivity contribution is 6.03. The molecule has 0 saturated heterocycles. The van der Waals surface area contributed by atoms with Crippen LogP contribution < -0.4 is 0 Å². The summed E-state index contributed by atoms with van der Waals surface area (Å²) in [4.78, 5) is 16.8. The maximum absolute atomic E-state index is 12.5. The summed E-state index contributed by atoms with van der Waals surface area (Å²) < 4.78 is 0. The Morgan fingerprint density at radius 2 is 2.05 bits per heavy atom. The Morgan fingerprint density at radius 1 is 1.26 bits per heavy atom. The zero-order chi connectivity index (χ0) is 13.8. The first-order valence-electron chi connectivity index (χ1n) is 6.69. The Hall–Kier alpha value is -1.96. The topological polar surface area (TPSA) is 30.0 Å². The van der Waals surface area contributed by atoms with Crippen molar-refractivity contribution in [2.45, 2.75) is 27.2 Å². The van der Waals surface area contributed by atoms with Crippen LogP contribution >= 0.6 is 0 Å². The molecule has 0 aliphatic rings. The van der Waals surface area contributed by atoms with Crippen LogP contribution in [0, 0.1) is 12.8 Å². The summed E-state index contributed by atoms with van der Waals surface area (Å²) in [5, 5.41) is 0. The van der Waals surface area contributed by atoms with Crippen molar-refractivity contribution in [1.29, 1.82) is 0 Å². The second-order valence-corrected chi connectivity index (χ2v) is 4.94. The Labute approximate surface area is 114 Å². The molecule has 1 aromatic heterocycles. The van der Waals surface area contributed by atoms with E-state index in [1.54, 1.807) is 6.20 Å². The third-order valence-corrected chi connectivity index (χ3v) is 3.44. The van der Waals surface area contributed by atoms with Gasteiger partial charge in [-0.05, 0) is 31.5 Å². The molecule has 0 N–H and O–H groups in total. The average Bonchev–Trinajstić information content (AvgIpc) is 2.46. The maximum atomic E-state index is 12.5. The van der Waals surface area contributed by atoms with Crippen LogP contribution in [0.4, 0.5) is 0 Å². The Balaban J connectivity index is 2.54. The van der Waals surface area contributed by atoms with Crippen LogP contribution in [-0.4, -0.2) is 10.8 Å². The summed E-state index contributed by atoms with van der Waals surface area (Å²) in [6, 6.07) is 11.7. The van der Waals surface area contributed by atoms with Gasteiger partial charge in [-0.3, -0.25) is 9.78 Å². The molecular weight excluding hydrogens is 234 g/mol. The van der Waals surface area contributed by atoms with Gasteiger partial charge in [-0.1, -0.05) is 37.6 Å². The highest BCUT2D eigenvalue weighted by Gasteiger charge is 2.18. The number of rotatable bonds is 4. The van der Waals surface area contributed by atoms with E-state index in [-0.39, 0.29) is 11.7 Å². The lowest BCUT2D eigenvalue weighted by molar-refractivity contribution is 0.0928. The van der Waals surface area contributed by atoms with Crippen molar-refractivity contribution in [3.63, 3.8) is 0 Å². The first-order valence-corrected chi connectivity index (χ1v) is 6.69. The molecule has 1 heterocycles. The smallest absolute Gasteiger partial charge is 0.166 e. The van der Waals surface area contributed by atoms with E-state index in [9.17, 15) is 4.79 Å². The predicted octanol–water partition coefficient (Wildman–Crippen LogP) is 4.29. The molecule has 1 unspecified atom stereocenters. The van der Waals surface area contributed by atoms with E-state index in [1.165, 1.54) is 0 Å². The second kappa shape index (κ2) is 5.79. The fourth-order valence-corrected chi connectivity index (χ4v) is 2.06. The number of carbonyl (C=O) groups is 1. The zero-order valence-electron chi connectivity index (χ0n) is 11.7. The molecule has 0 radical (unpaired) electrons. The van der Waals surface area contributed by atoms with Gasteiger partial charge < -0.3 is 0 Å². The summed E-state index contributed by atoms with van der Waals surface area (Å²) in [6.07, 6.45) is 2.61. The van der Waals surface area contributed by atoms with Crippen molar-refractivity contribution in [3.05, 3.63) is 53.7 Å². The number of ketones is 1. The van der Waals surface area contributed by atoms with Crippen LogP contribution in [-0.2, 0) is 0 Å². The molecule has 0 spiro atoms. The van der Waals surface area contributed by atoms with Crippen molar-refractivity contribution >= 4 is 5.78 Å². The van der Waals surface area contributed by atoms with Gasteiger partial charge in [0, 0.05) is 23.2 Å². The Kier molecular flexibility index (Phi) is 4.10. The van der Waals surface area contributed by atoms with Gasteiger partial charge in [0.15, 0.2) is 5.78 Å². The SMILES string of the molecule is CCC(C)C(=O)c1ccc(C)cc1-c1ccccn1. The van der Waals surface area contributed by atoms with Gasteiger partial charge in [-0.15, -0.1) is 0 Å². The van der Waals surface area contributed by atoms with Gasteiger partial charge in [-0.2, -0.15) is 0 Å². The first kappa shape index (κ1) is 13.5. The van der Waals surface area contributed by atoms with Crippen molar-refractivity contribution < 1.29 is 4.79 Å². The number of hydrogen-bond acceptors (Lipinski definition) is 2. The number of pyridine rings is 1. The van der Waals surface area contributed by atoms with Gasteiger partial charge in [0.05, 0.1) is 5.69 Å². The summed E-state index contributed by atoms with van der Waals surface area (Å²) in [5.41, 5.74) is 3.71. The minimum Gasteiger partial charge on any atom is -0.294 e. The fraction of sp³-hybridized carbons (Fsp3) is 0.294. The summed E-state index contributed by atoms with van der Waals surface area (Å²) in [6.45, 7) is 6.05. The zero-order valence-corrected chi connectivity index (χ0v) is 11.7. The van der Waals surface area contributed by atoms with Gasteiger partial charge in [-0.25, -0.2) is 0 Å². The van der Waals surface area contributed by atoms with E-state index in [1.807, 2.05) is 57.2 Å². The number of aromatic nitrogens is 1. The van der Waals surface area contributed by atoms with E-state index in [2.05, 4.69) is 4.98 Å². The monoisotopic (exact) mass is 253 g/mol. The molecule has 0 aliphatic carbocycles. The second-order valence-electron chi connectivity index (χ2n) is 4.94. The number of Topliss-reactive ketones (excluding diaryl/α,β-unsaturated/α-hetero) is 1. The third kappa shape index (κ3) is 2.90. The van der Waals surface area contributed by atoms with Crippen molar-refractivity contribution in [2.24, 2.45) is 5.92 Å². The van der Waals surface area contributed by atoms with Crippen molar-refractivity contribution in [2.75, 3.05) is 0 Å². The largest absolute Gasteiger partial charge is 0.294 e. The average molecular weight is 253 g/mol. The lowest BCUT2D eigenvalue weighted by atomic mass is 9.91. The standard InChI is InChI=1S/C17H19NO/c1-4-13(3)17(19)14-9-8-12(2)11-15(14)16-7-5-6-10-18-16/h5-11,13H,4H2,1-3H3. The van der Waals surface area contributed by atoms with E-state index >= 15 is 0 Å². The Bertz CT molecular complexity index is 575. The number of benzene rings is 1. The summed E-state index contributed by atoms with van der Waals surface area (Å²) in [5.74, 6) is 0.244. The third-order valence-electron chi connectivity index (χ3n) is 3.44. The lowest BCUT2D eigenvalue weighted by Gasteiger charge is -2.13. The molecule has 1 aromatic carbocycles. The highest BCUT2D eigenvalue weighted by atomic mass is 16.1. The van der Waals surface area contributed by atoms with Crippen LogP contribution in [0.1, 0.15) is 36.2 Å². The molecule has 98 valence electrons. The van der Waals surface area contributed by atoms with Crippen molar-refractivity contribution in [3.8, 4) is 11.3 Å². The van der Waals surface area contributed by atoms with Gasteiger partial charge in [0.1, 0.15) is 0 Å². The summed E-state index contributed by atoms with van der Waals surface area (Å²) >= 11 is 0. The fourth-order valence-electron chi connectivity index (χ4n) is 2.06. The molecule has 2 heteroatoms. The minimum atomic E-state index is 0.0465. The molecule has 0 amide bonds. The van der Waals surface area contributed by atoms with E-state index in [4.69, 9.17) is 0 Å². The first-order chi connectivity index (χ1) is 9.13. The number of aryl methyl sites for hydroxylation is 1. The Morgan fingerprint density at radius 3 is 2.68 bits per heavy atom. The predicted molar refractivity (Wildman–Crippen MR) is 78.2 cm³/mol. The number of carbonyl (C=O) groups excluding carboxylic acids is 1. The van der Waals surface area contributed by atoms with E-state index < -0.39 is 0 Å². The van der Waals surface area contributed by atoms with Gasteiger partial charge >= 0.3 is 0 Å². The molecule has 2 rings (SSSR count). The van der Waals surface area contributed by atoms with E-state index in [0.29, 0.717) is 0 Å². The van der Waals surface area contributed by atoms with Crippen LogP contribution in [0.2, 0.25) is 0 Å². The molecule has 0 fully saturated rings. The molecule has 0 bridgehead atoms. The molecule has 19 heavy (non-hydrogen) atoms. The quantitative estimate of drug-likeness (QED) is 0.761. The molecule has 0 aliphatic heterocycles. The molecule has 1 atom stereocenters. The molecule has 0 saturated carbocycles. The molecular formula is C17H19NO. The summed E-state index contributed by atoms with van der Waals surface area (Å²) in [7, 11) is 0.